The highest BCUT2D eigenvalue weighted by Crippen LogP contribution is 2.29. The van der Waals surface area contributed by atoms with Crippen molar-refractivity contribution in [3.8, 4) is 11.8 Å². The molecule has 0 amide bonds. The van der Waals surface area contributed by atoms with Gasteiger partial charge in [-0.3, -0.25) is 9.59 Å². The molecular weight excluding hydrogens is 348 g/mol. The first-order chi connectivity index (χ1) is 13.1. The van der Waals surface area contributed by atoms with Crippen LogP contribution in [0.3, 0.4) is 0 Å². The van der Waals surface area contributed by atoms with Crippen molar-refractivity contribution in [2.24, 2.45) is 5.41 Å². The van der Waals surface area contributed by atoms with Gasteiger partial charge in [-0.15, -0.1) is 11.8 Å². The van der Waals surface area contributed by atoms with Crippen LogP contribution in [0.25, 0.3) is 0 Å². The maximum Gasteiger partial charge on any atom is 0.324 e. The molecule has 0 atom stereocenters. The summed E-state index contributed by atoms with van der Waals surface area (Å²) in [6.07, 6.45) is 0.486. The van der Waals surface area contributed by atoms with Crippen LogP contribution in [0, 0.1) is 17.3 Å². The van der Waals surface area contributed by atoms with Crippen LogP contribution in [-0.4, -0.2) is 38.0 Å². The summed E-state index contributed by atoms with van der Waals surface area (Å²) < 4.78 is 15.5. The number of carbonyl (C=O) groups excluding carboxylic acids is 3. The van der Waals surface area contributed by atoms with Crippen LogP contribution in [0.15, 0.2) is 30.3 Å². The molecule has 0 aromatic heterocycles. The van der Waals surface area contributed by atoms with Crippen LogP contribution in [-0.2, 0) is 35.2 Å². The molecule has 1 aromatic carbocycles. The van der Waals surface area contributed by atoms with E-state index in [-0.39, 0.29) is 26.1 Å². The number of esters is 2. The predicted octanol–water partition coefficient (Wildman–Crippen LogP) is 2.69. The van der Waals surface area contributed by atoms with Gasteiger partial charge in [0.15, 0.2) is 5.41 Å². The molecule has 0 aliphatic rings. The molecule has 0 N–H and O–H groups in total. The van der Waals surface area contributed by atoms with Crippen LogP contribution in [0.4, 0.5) is 0 Å². The largest absolute Gasteiger partial charge is 0.465 e. The Bertz CT molecular complexity index is 638. The van der Waals surface area contributed by atoms with Crippen molar-refractivity contribution in [1.29, 1.82) is 0 Å². The maximum absolute atomic E-state index is 12.3. The number of rotatable bonds is 11. The lowest BCUT2D eigenvalue weighted by molar-refractivity contribution is -0.172. The van der Waals surface area contributed by atoms with Gasteiger partial charge >= 0.3 is 11.9 Å². The van der Waals surface area contributed by atoms with Crippen molar-refractivity contribution >= 4 is 18.2 Å². The Morgan fingerprint density at radius 1 is 1.04 bits per heavy atom. The molecule has 146 valence electrons. The molecule has 0 aliphatic heterocycles. The van der Waals surface area contributed by atoms with Crippen LogP contribution in [0.1, 0.15) is 38.7 Å². The molecule has 0 aliphatic carbocycles. The molecule has 0 saturated carbocycles. The SMILES string of the molecule is CCOC(=O)C(CC#CCCOCc1ccccc1)(CC=O)C(=O)OCC. The molecule has 0 unspecified atom stereocenters. The highest BCUT2D eigenvalue weighted by molar-refractivity contribution is 6.02. The van der Waals surface area contributed by atoms with Crippen molar-refractivity contribution in [3.05, 3.63) is 35.9 Å². The topological polar surface area (TPSA) is 78.9 Å². The molecule has 27 heavy (non-hydrogen) atoms. The first-order valence-electron chi connectivity index (χ1n) is 8.96. The lowest BCUT2D eigenvalue weighted by atomic mass is 9.81. The van der Waals surface area contributed by atoms with Gasteiger partial charge in [0.2, 0.25) is 0 Å². The third kappa shape index (κ3) is 7.24. The Morgan fingerprint density at radius 3 is 2.22 bits per heavy atom. The summed E-state index contributed by atoms with van der Waals surface area (Å²) >= 11 is 0. The highest BCUT2D eigenvalue weighted by atomic mass is 16.6. The van der Waals surface area contributed by atoms with Crippen molar-refractivity contribution in [2.75, 3.05) is 19.8 Å². The lowest BCUT2D eigenvalue weighted by Crippen LogP contribution is -2.42. The summed E-state index contributed by atoms with van der Waals surface area (Å²) in [6.45, 7) is 4.36. The van der Waals surface area contributed by atoms with Crippen LogP contribution >= 0.6 is 0 Å². The number of hydrogen-bond donors (Lipinski definition) is 0. The van der Waals surface area contributed by atoms with Gasteiger partial charge in [0.05, 0.1) is 26.4 Å². The fourth-order valence-electron chi connectivity index (χ4n) is 2.34. The number of benzene rings is 1. The second-order valence-electron chi connectivity index (χ2n) is 5.71. The second-order valence-corrected chi connectivity index (χ2v) is 5.71. The lowest BCUT2D eigenvalue weighted by Gasteiger charge is -2.25. The summed E-state index contributed by atoms with van der Waals surface area (Å²) in [5, 5.41) is 0. The minimum Gasteiger partial charge on any atom is -0.465 e. The molecular formula is C21H26O6. The summed E-state index contributed by atoms with van der Waals surface area (Å²) in [5.41, 5.74) is -0.647. The van der Waals surface area contributed by atoms with Gasteiger partial charge in [-0.2, -0.15) is 0 Å². The average molecular weight is 374 g/mol. The fourth-order valence-corrected chi connectivity index (χ4v) is 2.34. The van der Waals surface area contributed by atoms with E-state index >= 15 is 0 Å². The average Bonchev–Trinajstić information content (AvgIpc) is 2.67. The Labute approximate surface area is 160 Å². The van der Waals surface area contributed by atoms with E-state index in [0.29, 0.717) is 25.9 Å². The van der Waals surface area contributed by atoms with Crippen molar-refractivity contribution in [2.45, 2.75) is 39.7 Å². The van der Waals surface area contributed by atoms with E-state index in [1.165, 1.54) is 0 Å². The quantitative estimate of drug-likeness (QED) is 0.195. The molecule has 0 heterocycles. The minimum atomic E-state index is -1.72. The number of hydrogen-bond acceptors (Lipinski definition) is 6. The highest BCUT2D eigenvalue weighted by Gasteiger charge is 2.48. The molecule has 6 nitrogen and oxygen atoms in total. The monoisotopic (exact) mass is 374 g/mol. The smallest absolute Gasteiger partial charge is 0.324 e. The summed E-state index contributed by atoms with van der Waals surface area (Å²) in [6, 6.07) is 9.76. The van der Waals surface area contributed by atoms with E-state index in [1.54, 1.807) is 13.8 Å². The van der Waals surface area contributed by atoms with Gasteiger partial charge in [-0.25, -0.2) is 0 Å². The Kier molecular flexibility index (Phi) is 10.5. The van der Waals surface area contributed by atoms with Gasteiger partial charge < -0.3 is 19.0 Å². The van der Waals surface area contributed by atoms with Crippen molar-refractivity contribution < 1.29 is 28.6 Å². The fraction of sp³-hybridized carbons (Fsp3) is 0.476. The van der Waals surface area contributed by atoms with Crippen LogP contribution < -0.4 is 0 Å². The number of carbonyl (C=O) groups is 3. The van der Waals surface area contributed by atoms with E-state index in [9.17, 15) is 14.4 Å². The summed E-state index contributed by atoms with van der Waals surface area (Å²) in [5.74, 6) is 4.10. The van der Waals surface area contributed by atoms with E-state index < -0.39 is 17.4 Å². The third-order valence-electron chi connectivity index (χ3n) is 3.76. The molecule has 0 radical (unpaired) electrons. The normalized spacial score (nSPS) is 10.4. The number of ether oxygens (including phenoxy) is 3. The van der Waals surface area contributed by atoms with Gasteiger partial charge in [-0.1, -0.05) is 30.3 Å². The van der Waals surface area contributed by atoms with Crippen molar-refractivity contribution in [1.82, 2.24) is 0 Å². The standard InChI is InChI=1S/C21H26O6/c1-3-26-19(23)21(14-15-22,20(24)27-4-2)13-9-6-10-16-25-17-18-11-7-5-8-12-18/h5,7-8,11-12,15H,3-4,10,13-14,16-17H2,1-2H3. The van der Waals surface area contributed by atoms with Crippen molar-refractivity contribution in [3.63, 3.8) is 0 Å². The molecule has 0 fully saturated rings. The zero-order chi connectivity index (χ0) is 20.0. The molecule has 0 bridgehead atoms. The second kappa shape index (κ2) is 12.7. The minimum absolute atomic E-state index is 0.0968. The molecule has 1 rings (SSSR count). The third-order valence-corrected chi connectivity index (χ3v) is 3.76. The number of aldehydes is 1. The van der Waals surface area contributed by atoms with E-state index in [4.69, 9.17) is 14.2 Å². The van der Waals surface area contributed by atoms with Gasteiger partial charge in [0.1, 0.15) is 6.29 Å². The molecule has 0 saturated heterocycles. The maximum atomic E-state index is 12.3. The summed E-state index contributed by atoms with van der Waals surface area (Å²) in [4.78, 5) is 35.7. The van der Waals surface area contributed by atoms with Gasteiger partial charge in [0, 0.05) is 19.3 Å². The summed E-state index contributed by atoms with van der Waals surface area (Å²) in [7, 11) is 0. The Balaban J connectivity index is 2.64. The zero-order valence-corrected chi connectivity index (χ0v) is 15.9. The van der Waals surface area contributed by atoms with E-state index in [0.717, 1.165) is 5.56 Å². The van der Waals surface area contributed by atoms with Crippen LogP contribution in [0.2, 0.25) is 0 Å². The Morgan fingerprint density at radius 2 is 1.67 bits per heavy atom. The first kappa shape index (κ1) is 22.4. The van der Waals surface area contributed by atoms with Crippen LogP contribution in [0.5, 0.6) is 0 Å². The molecule has 6 heteroatoms. The zero-order valence-electron chi connectivity index (χ0n) is 15.9. The molecule has 1 aromatic rings. The first-order valence-corrected chi connectivity index (χ1v) is 8.96. The Hall–Kier alpha value is -2.65. The van der Waals surface area contributed by atoms with E-state index in [2.05, 4.69) is 11.8 Å². The van der Waals surface area contributed by atoms with Gasteiger partial charge in [-0.05, 0) is 19.4 Å². The van der Waals surface area contributed by atoms with E-state index in [1.807, 2.05) is 30.3 Å². The van der Waals surface area contributed by atoms with Gasteiger partial charge in [0.25, 0.3) is 0 Å². The predicted molar refractivity (Wildman–Crippen MR) is 99.5 cm³/mol. The molecule has 0 spiro atoms.